The molecule has 0 saturated carbocycles. The first-order valence-electron chi connectivity index (χ1n) is 8.35. The fourth-order valence-corrected chi connectivity index (χ4v) is 3.25. The van der Waals surface area contributed by atoms with Gasteiger partial charge in [-0.25, -0.2) is 0 Å². The van der Waals surface area contributed by atoms with Crippen molar-refractivity contribution >= 4 is 5.57 Å². The number of nitrogens with one attached hydrogen (secondary N) is 1. The molecule has 128 valence electrons. The fraction of sp³-hybridized carbons (Fsp3) is 0.444. The molecule has 2 atom stereocenters. The van der Waals surface area contributed by atoms with E-state index in [1.54, 1.807) is 6.08 Å². The smallest absolute Gasteiger partial charge is 0.302 e. The number of rotatable bonds is 6. The van der Waals surface area contributed by atoms with Gasteiger partial charge in [0.25, 0.3) is 0 Å². The molecule has 2 unspecified atom stereocenters. The third-order valence-corrected chi connectivity index (χ3v) is 4.66. The zero-order valence-corrected chi connectivity index (χ0v) is 13.5. The van der Waals surface area contributed by atoms with Crippen molar-refractivity contribution in [3.05, 3.63) is 64.2 Å². The molecule has 1 saturated heterocycles. The monoisotopic (exact) mass is 331 g/mol. The van der Waals surface area contributed by atoms with Crippen molar-refractivity contribution in [1.29, 1.82) is 0 Å². The Kier molecular flexibility index (Phi) is 5.06. The number of nitrogens with zero attached hydrogens (tertiary/aromatic N) is 2. The third kappa shape index (κ3) is 3.55. The van der Waals surface area contributed by atoms with Crippen LogP contribution in [0.1, 0.15) is 18.4 Å². The van der Waals surface area contributed by atoms with Crippen LogP contribution in [-0.2, 0) is 0 Å². The molecule has 1 aromatic carbocycles. The van der Waals surface area contributed by atoms with Crippen molar-refractivity contribution in [1.82, 2.24) is 10.2 Å². The second-order valence-corrected chi connectivity index (χ2v) is 6.29. The van der Waals surface area contributed by atoms with E-state index in [9.17, 15) is 14.5 Å². The fourth-order valence-electron chi connectivity index (χ4n) is 3.25. The summed E-state index contributed by atoms with van der Waals surface area (Å²) in [7, 11) is 0. The molecule has 2 aliphatic rings. The van der Waals surface area contributed by atoms with E-state index in [0.717, 1.165) is 36.8 Å². The lowest BCUT2D eigenvalue weighted by molar-refractivity contribution is -0.592. The summed E-state index contributed by atoms with van der Waals surface area (Å²) in [5, 5.41) is 14.3. The lowest BCUT2D eigenvalue weighted by atomic mass is 9.92. The highest BCUT2D eigenvalue weighted by atomic mass is 19.1. The van der Waals surface area contributed by atoms with Crippen LogP contribution in [0.15, 0.2) is 48.6 Å². The number of halogens is 1. The van der Waals surface area contributed by atoms with E-state index in [-0.39, 0.29) is 0 Å². The van der Waals surface area contributed by atoms with Crippen LogP contribution in [0.4, 0.5) is 4.39 Å². The van der Waals surface area contributed by atoms with Gasteiger partial charge in [-0.3, -0.25) is 10.1 Å². The predicted octanol–water partition coefficient (Wildman–Crippen LogP) is 2.64. The zero-order valence-electron chi connectivity index (χ0n) is 13.5. The molecule has 0 radical (unpaired) electrons. The summed E-state index contributed by atoms with van der Waals surface area (Å²) in [6.07, 6.45) is 6.56. The number of allylic oxidation sites excluding steroid dienone is 2. The number of nitro groups is 1. The highest BCUT2D eigenvalue weighted by molar-refractivity contribution is 5.76. The van der Waals surface area contributed by atoms with Gasteiger partial charge < -0.3 is 10.2 Å². The van der Waals surface area contributed by atoms with Crippen LogP contribution in [0.5, 0.6) is 0 Å². The van der Waals surface area contributed by atoms with E-state index in [2.05, 4.69) is 10.2 Å². The summed E-state index contributed by atoms with van der Waals surface area (Å²) in [6.45, 7) is 3.40. The first kappa shape index (κ1) is 16.8. The number of hydrogen-bond acceptors (Lipinski definition) is 4. The maximum absolute atomic E-state index is 14.8. The number of alkyl halides is 1. The number of hydrogen-bond donors (Lipinski definition) is 1. The maximum Gasteiger partial charge on any atom is 0.396 e. The van der Waals surface area contributed by atoms with Gasteiger partial charge in [0, 0.05) is 19.2 Å². The van der Waals surface area contributed by atoms with E-state index in [1.165, 1.54) is 18.9 Å². The second-order valence-electron chi connectivity index (χ2n) is 6.29. The Hall–Kier alpha value is -2.05. The molecule has 0 amide bonds. The zero-order chi connectivity index (χ0) is 17.0. The normalized spacial score (nSPS) is 27.2. The molecule has 0 bridgehead atoms. The van der Waals surface area contributed by atoms with Crippen LogP contribution in [0.25, 0.3) is 5.57 Å². The Bertz CT molecular complexity index is 641. The SMILES string of the molecule is O=[N+]([O-])C1(F)C=CC(c2ccccc2)=CC1NCCN1CCCC1. The summed E-state index contributed by atoms with van der Waals surface area (Å²) in [4.78, 5) is 12.7. The van der Waals surface area contributed by atoms with Gasteiger partial charge >= 0.3 is 5.79 Å². The van der Waals surface area contributed by atoms with Gasteiger partial charge in [0.05, 0.1) is 4.92 Å². The molecule has 6 heteroatoms. The molecule has 3 rings (SSSR count). The van der Waals surface area contributed by atoms with Crippen molar-refractivity contribution in [3.8, 4) is 0 Å². The Balaban J connectivity index is 1.73. The second kappa shape index (κ2) is 7.23. The van der Waals surface area contributed by atoms with Gasteiger partial charge in [-0.1, -0.05) is 30.3 Å². The summed E-state index contributed by atoms with van der Waals surface area (Å²) >= 11 is 0. The minimum Gasteiger partial charge on any atom is -0.302 e. The summed E-state index contributed by atoms with van der Waals surface area (Å²) in [5.41, 5.74) is 1.72. The molecule has 1 fully saturated rings. The van der Waals surface area contributed by atoms with Crippen molar-refractivity contribution in [3.63, 3.8) is 0 Å². The Morgan fingerprint density at radius 1 is 1.29 bits per heavy atom. The lowest BCUT2D eigenvalue weighted by Crippen LogP contribution is -2.53. The molecule has 1 aliphatic carbocycles. The number of likely N-dealkylation sites (tertiary alicyclic amines) is 1. The topological polar surface area (TPSA) is 58.4 Å². The first-order valence-corrected chi connectivity index (χ1v) is 8.35. The van der Waals surface area contributed by atoms with E-state index >= 15 is 0 Å². The van der Waals surface area contributed by atoms with Crippen molar-refractivity contribution in [2.75, 3.05) is 26.2 Å². The molecule has 0 aromatic heterocycles. The third-order valence-electron chi connectivity index (χ3n) is 4.66. The van der Waals surface area contributed by atoms with Gasteiger partial charge in [0.2, 0.25) is 0 Å². The quantitative estimate of drug-likeness (QED) is 0.495. The Labute approximate surface area is 141 Å². The van der Waals surface area contributed by atoms with Crippen molar-refractivity contribution in [2.45, 2.75) is 24.7 Å². The average molecular weight is 331 g/mol. The van der Waals surface area contributed by atoms with E-state index in [4.69, 9.17) is 0 Å². The molecular formula is C18H22FN3O2. The van der Waals surface area contributed by atoms with Crippen molar-refractivity contribution < 1.29 is 9.31 Å². The highest BCUT2D eigenvalue weighted by Gasteiger charge is 2.49. The van der Waals surface area contributed by atoms with E-state index < -0.39 is 16.8 Å². The largest absolute Gasteiger partial charge is 0.396 e. The van der Waals surface area contributed by atoms with Gasteiger partial charge in [-0.05, 0) is 49.2 Å². The van der Waals surface area contributed by atoms with Crippen molar-refractivity contribution in [2.24, 2.45) is 0 Å². The van der Waals surface area contributed by atoms with Gasteiger partial charge in [0.15, 0.2) is 0 Å². The summed E-state index contributed by atoms with van der Waals surface area (Å²) < 4.78 is 14.8. The molecule has 1 heterocycles. The average Bonchev–Trinajstić information content (AvgIpc) is 3.10. The molecular weight excluding hydrogens is 309 g/mol. The standard InChI is InChI=1S/C18H22FN3O2/c19-18(22(23)24)9-8-16(15-6-2-1-3-7-15)14-17(18)20-10-13-21-11-4-5-12-21/h1-3,6-9,14,17,20H,4-5,10-13H2. The molecule has 0 spiro atoms. The highest BCUT2D eigenvalue weighted by Crippen LogP contribution is 2.30. The predicted molar refractivity (Wildman–Crippen MR) is 91.9 cm³/mol. The molecule has 1 aromatic rings. The Morgan fingerprint density at radius 2 is 2.00 bits per heavy atom. The minimum atomic E-state index is -2.61. The van der Waals surface area contributed by atoms with Gasteiger partial charge in [-0.2, -0.15) is 4.39 Å². The van der Waals surface area contributed by atoms with Crippen LogP contribution in [-0.4, -0.2) is 47.8 Å². The van der Waals surface area contributed by atoms with Gasteiger partial charge in [0.1, 0.15) is 6.04 Å². The maximum atomic E-state index is 14.8. The summed E-state index contributed by atoms with van der Waals surface area (Å²) in [5.74, 6) is -2.61. The van der Waals surface area contributed by atoms with Crippen LogP contribution in [0.3, 0.4) is 0 Å². The minimum absolute atomic E-state index is 0.524. The van der Waals surface area contributed by atoms with Crippen LogP contribution in [0.2, 0.25) is 0 Å². The molecule has 5 nitrogen and oxygen atoms in total. The molecule has 1 aliphatic heterocycles. The Morgan fingerprint density at radius 3 is 2.67 bits per heavy atom. The van der Waals surface area contributed by atoms with Crippen LogP contribution in [0, 0.1) is 10.1 Å². The van der Waals surface area contributed by atoms with Crippen LogP contribution >= 0.6 is 0 Å². The van der Waals surface area contributed by atoms with Crippen LogP contribution < -0.4 is 5.32 Å². The molecule has 1 N–H and O–H groups in total. The van der Waals surface area contributed by atoms with Gasteiger partial charge in [-0.15, -0.1) is 0 Å². The van der Waals surface area contributed by atoms with E-state index in [1.807, 2.05) is 30.3 Å². The number of benzene rings is 1. The molecule has 24 heavy (non-hydrogen) atoms. The summed E-state index contributed by atoms with van der Waals surface area (Å²) in [6, 6.07) is 8.54. The van der Waals surface area contributed by atoms with E-state index in [0.29, 0.717) is 6.54 Å². The first-order chi connectivity index (χ1) is 11.6. The lowest BCUT2D eigenvalue weighted by Gasteiger charge is -2.27.